The standard InChI is InChI=1S/C19H24N2O2S/c1-23-17-7-4-16(5-8-17)6-9-19(22)21-12-10-20(11-13-21)15-18-3-2-14-24-18/h2-5,7-8,14H,6,9-13,15H2,1H3. The number of ether oxygens (including phenoxy) is 1. The lowest BCUT2D eigenvalue weighted by molar-refractivity contribution is -0.132. The second-order valence-corrected chi connectivity index (χ2v) is 7.12. The number of benzene rings is 1. The van der Waals surface area contributed by atoms with E-state index in [1.165, 1.54) is 10.4 Å². The summed E-state index contributed by atoms with van der Waals surface area (Å²) >= 11 is 1.80. The number of thiophene rings is 1. The minimum absolute atomic E-state index is 0.265. The minimum atomic E-state index is 0.265. The fourth-order valence-electron chi connectivity index (χ4n) is 2.98. The van der Waals surface area contributed by atoms with Gasteiger partial charge in [-0.25, -0.2) is 0 Å². The van der Waals surface area contributed by atoms with E-state index in [-0.39, 0.29) is 5.91 Å². The topological polar surface area (TPSA) is 32.8 Å². The average molecular weight is 344 g/mol. The molecule has 4 nitrogen and oxygen atoms in total. The number of methoxy groups -OCH3 is 1. The summed E-state index contributed by atoms with van der Waals surface area (Å²) in [5.41, 5.74) is 1.18. The lowest BCUT2D eigenvalue weighted by Crippen LogP contribution is -2.48. The lowest BCUT2D eigenvalue weighted by atomic mass is 10.1. The zero-order valence-electron chi connectivity index (χ0n) is 14.1. The van der Waals surface area contributed by atoms with Crippen LogP contribution in [-0.4, -0.2) is 49.0 Å². The number of carbonyl (C=O) groups is 1. The quantitative estimate of drug-likeness (QED) is 0.807. The summed E-state index contributed by atoms with van der Waals surface area (Å²) in [6.45, 7) is 4.61. The summed E-state index contributed by atoms with van der Waals surface area (Å²) in [5.74, 6) is 1.12. The third kappa shape index (κ3) is 4.58. The van der Waals surface area contributed by atoms with E-state index in [2.05, 4.69) is 22.4 Å². The molecule has 3 rings (SSSR count). The number of nitrogens with zero attached hydrogens (tertiary/aromatic N) is 2. The Labute approximate surface area is 147 Å². The van der Waals surface area contributed by atoms with Crippen LogP contribution in [0.15, 0.2) is 41.8 Å². The molecule has 1 saturated heterocycles. The molecule has 1 fully saturated rings. The van der Waals surface area contributed by atoms with Crippen LogP contribution in [0.3, 0.4) is 0 Å². The zero-order valence-corrected chi connectivity index (χ0v) is 14.9. The van der Waals surface area contributed by atoms with Crippen molar-refractivity contribution in [2.45, 2.75) is 19.4 Å². The van der Waals surface area contributed by atoms with Gasteiger partial charge < -0.3 is 9.64 Å². The Hall–Kier alpha value is -1.85. The Kier molecular flexibility index (Phi) is 5.88. The summed E-state index contributed by atoms with van der Waals surface area (Å²) < 4.78 is 5.16. The van der Waals surface area contributed by atoms with Crippen LogP contribution in [0.5, 0.6) is 5.75 Å². The molecule has 1 amide bonds. The van der Waals surface area contributed by atoms with Gasteiger partial charge in [-0.15, -0.1) is 11.3 Å². The van der Waals surface area contributed by atoms with Crippen LogP contribution >= 0.6 is 11.3 Å². The smallest absolute Gasteiger partial charge is 0.222 e. The van der Waals surface area contributed by atoms with Gasteiger partial charge in [-0.3, -0.25) is 9.69 Å². The Morgan fingerprint density at radius 1 is 1.12 bits per heavy atom. The van der Waals surface area contributed by atoms with Gasteiger partial charge in [0.15, 0.2) is 0 Å². The fourth-order valence-corrected chi connectivity index (χ4v) is 3.73. The first kappa shape index (κ1) is 17.0. The Morgan fingerprint density at radius 3 is 2.50 bits per heavy atom. The molecule has 1 aliphatic heterocycles. The number of carbonyl (C=O) groups excluding carboxylic acids is 1. The summed E-state index contributed by atoms with van der Waals surface area (Å²) in [5, 5.41) is 2.12. The van der Waals surface area contributed by atoms with Crippen molar-refractivity contribution in [1.29, 1.82) is 0 Å². The maximum Gasteiger partial charge on any atom is 0.222 e. The van der Waals surface area contributed by atoms with Gasteiger partial charge in [-0.05, 0) is 35.6 Å². The van der Waals surface area contributed by atoms with Crippen molar-refractivity contribution >= 4 is 17.2 Å². The van der Waals surface area contributed by atoms with Crippen LogP contribution in [0.1, 0.15) is 16.9 Å². The molecular weight excluding hydrogens is 320 g/mol. The largest absolute Gasteiger partial charge is 0.497 e. The van der Waals surface area contributed by atoms with Crippen molar-refractivity contribution in [3.63, 3.8) is 0 Å². The molecule has 2 aromatic rings. The van der Waals surface area contributed by atoms with Crippen molar-refractivity contribution < 1.29 is 9.53 Å². The molecule has 24 heavy (non-hydrogen) atoms. The first-order valence-corrected chi connectivity index (χ1v) is 9.28. The van der Waals surface area contributed by atoms with Crippen molar-refractivity contribution in [3.8, 4) is 5.75 Å². The molecule has 5 heteroatoms. The molecule has 0 N–H and O–H groups in total. The highest BCUT2D eigenvalue weighted by atomic mass is 32.1. The predicted octanol–water partition coefficient (Wildman–Crippen LogP) is 3.03. The molecule has 2 heterocycles. The van der Waals surface area contributed by atoms with Crippen molar-refractivity contribution in [3.05, 3.63) is 52.2 Å². The van der Waals surface area contributed by atoms with Gasteiger partial charge in [0.25, 0.3) is 0 Å². The maximum absolute atomic E-state index is 12.4. The van der Waals surface area contributed by atoms with E-state index in [0.717, 1.165) is 44.9 Å². The number of aryl methyl sites for hydroxylation is 1. The third-order valence-corrected chi connectivity index (χ3v) is 5.33. The molecule has 0 unspecified atom stereocenters. The summed E-state index contributed by atoms with van der Waals surface area (Å²) in [6.07, 6.45) is 1.37. The van der Waals surface area contributed by atoms with E-state index >= 15 is 0 Å². The highest BCUT2D eigenvalue weighted by Gasteiger charge is 2.20. The number of amides is 1. The monoisotopic (exact) mass is 344 g/mol. The van der Waals surface area contributed by atoms with Crippen LogP contribution in [0.4, 0.5) is 0 Å². The molecule has 1 aliphatic rings. The number of hydrogen-bond donors (Lipinski definition) is 0. The van der Waals surface area contributed by atoms with E-state index in [0.29, 0.717) is 6.42 Å². The molecule has 0 atom stereocenters. The number of piperazine rings is 1. The first-order chi connectivity index (χ1) is 11.7. The number of rotatable bonds is 6. The second-order valence-electron chi connectivity index (χ2n) is 6.08. The molecule has 1 aromatic carbocycles. The van der Waals surface area contributed by atoms with Gasteiger partial charge in [-0.1, -0.05) is 18.2 Å². The van der Waals surface area contributed by atoms with Crippen LogP contribution in [0.2, 0.25) is 0 Å². The Morgan fingerprint density at radius 2 is 1.88 bits per heavy atom. The molecule has 0 bridgehead atoms. The summed E-state index contributed by atoms with van der Waals surface area (Å²) in [7, 11) is 1.66. The molecule has 0 saturated carbocycles. The average Bonchev–Trinajstić information content (AvgIpc) is 3.14. The molecular formula is C19H24N2O2S. The SMILES string of the molecule is COc1ccc(CCC(=O)N2CCN(Cc3cccs3)CC2)cc1. The van der Waals surface area contributed by atoms with E-state index < -0.39 is 0 Å². The van der Waals surface area contributed by atoms with Gasteiger partial charge in [0, 0.05) is 44.0 Å². The highest BCUT2D eigenvalue weighted by Crippen LogP contribution is 2.15. The molecule has 128 valence electrons. The Bertz CT molecular complexity index is 632. The highest BCUT2D eigenvalue weighted by molar-refractivity contribution is 7.09. The van der Waals surface area contributed by atoms with Crippen LogP contribution in [0, 0.1) is 0 Å². The predicted molar refractivity (Wildman–Crippen MR) is 97.5 cm³/mol. The summed E-state index contributed by atoms with van der Waals surface area (Å²) in [4.78, 5) is 18.2. The Balaban J connectivity index is 1.41. The first-order valence-electron chi connectivity index (χ1n) is 8.40. The van der Waals surface area contributed by atoms with Crippen LogP contribution in [0.25, 0.3) is 0 Å². The van der Waals surface area contributed by atoms with Crippen LogP contribution < -0.4 is 4.74 Å². The van der Waals surface area contributed by atoms with E-state index in [1.807, 2.05) is 29.2 Å². The molecule has 0 aliphatic carbocycles. The van der Waals surface area contributed by atoms with Crippen LogP contribution in [-0.2, 0) is 17.8 Å². The third-order valence-electron chi connectivity index (χ3n) is 4.47. The maximum atomic E-state index is 12.4. The van der Waals surface area contributed by atoms with E-state index in [9.17, 15) is 4.79 Å². The van der Waals surface area contributed by atoms with Gasteiger partial charge in [0.1, 0.15) is 5.75 Å². The minimum Gasteiger partial charge on any atom is -0.497 e. The number of hydrogen-bond acceptors (Lipinski definition) is 4. The molecule has 1 aromatic heterocycles. The van der Waals surface area contributed by atoms with E-state index in [4.69, 9.17) is 4.74 Å². The van der Waals surface area contributed by atoms with Gasteiger partial charge >= 0.3 is 0 Å². The normalized spacial score (nSPS) is 15.5. The van der Waals surface area contributed by atoms with Gasteiger partial charge in [0.05, 0.1) is 7.11 Å². The van der Waals surface area contributed by atoms with Gasteiger partial charge in [-0.2, -0.15) is 0 Å². The molecule has 0 spiro atoms. The fraction of sp³-hybridized carbons (Fsp3) is 0.421. The summed E-state index contributed by atoms with van der Waals surface area (Å²) in [6, 6.07) is 12.2. The van der Waals surface area contributed by atoms with Crippen molar-refractivity contribution in [2.24, 2.45) is 0 Å². The van der Waals surface area contributed by atoms with Crippen molar-refractivity contribution in [1.82, 2.24) is 9.80 Å². The van der Waals surface area contributed by atoms with E-state index in [1.54, 1.807) is 18.4 Å². The lowest BCUT2D eigenvalue weighted by Gasteiger charge is -2.34. The van der Waals surface area contributed by atoms with Gasteiger partial charge in [0.2, 0.25) is 5.91 Å². The van der Waals surface area contributed by atoms with Crippen molar-refractivity contribution in [2.75, 3.05) is 33.3 Å². The second kappa shape index (κ2) is 8.31. The molecule has 0 radical (unpaired) electrons. The zero-order chi connectivity index (χ0) is 16.8.